The summed E-state index contributed by atoms with van der Waals surface area (Å²) < 4.78 is 29.9. The number of rotatable bonds is 4. The topological polar surface area (TPSA) is 63.2 Å². The molecule has 0 aliphatic heterocycles. The van der Waals surface area contributed by atoms with Gasteiger partial charge in [0.05, 0.1) is 0 Å². The maximum Gasteiger partial charge on any atom is 1.00 e. The zero-order chi connectivity index (χ0) is 7.28. The Hall–Kier alpha value is 3.56. The van der Waals surface area contributed by atoms with Crippen molar-refractivity contribution >= 4 is 27.7 Å². The smallest absolute Gasteiger partial charge is 0.803 e. The molecule has 0 fully saturated rings. The second-order valence-electron chi connectivity index (χ2n) is 1.51. The van der Waals surface area contributed by atoms with Crippen LogP contribution in [0, 0.1) is 0 Å². The molecule has 0 rings (SSSR count). The molecule has 0 amide bonds. The normalized spacial score (nSPS) is 14.0. The number of hydrogen-bond donors (Lipinski definition) is 0. The van der Waals surface area contributed by atoms with Crippen molar-refractivity contribution < 1.29 is 116 Å². The maximum atomic E-state index is 10.2. The molecule has 0 N–H and O–H groups in total. The average molecular weight is 246 g/mol. The van der Waals surface area contributed by atoms with Crippen LogP contribution in [0.15, 0.2) is 0 Å². The molecule has 2 atom stereocenters. The van der Waals surface area contributed by atoms with Gasteiger partial charge in [0.15, 0.2) is 0 Å². The quantitative estimate of drug-likeness (QED) is 0.282. The number of hydrogen-bond acceptors (Lipinski definition) is 3. The molecule has 0 aromatic rings. The monoisotopic (exact) mass is 246 g/mol. The molecule has 0 aromatic carbocycles. The molecule has 0 spiro atoms. The fraction of sp³-hybridized carbons (Fsp3) is 0.750. The Morgan fingerprint density at radius 1 is 1.18 bits per heavy atom. The summed E-state index contributed by atoms with van der Waals surface area (Å²) in [7, 11) is -1.11. The Morgan fingerprint density at radius 3 is 1.91 bits per heavy atom. The van der Waals surface area contributed by atoms with Gasteiger partial charge in [-0.05, 0) is 12.2 Å². The van der Waals surface area contributed by atoms with Crippen LogP contribution in [0.2, 0.25) is 0 Å². The third-order valence-corrected chi connectivity index (χ3v) is 2.05. The summed E-state index contributed by atoms with van der Waals surface area (Å²) in [5, 5.41) is 0. The van der Waals surface area contributed by atoms with Gasteiger partial charge in [-0.15, -0.1) is 0 Å². The third-order valence-electron chi connectivity index (χ3n) is 0.683. The van der Waals surface area contributed by atoms with Crippen LogP contribution in [0.25, 0.3) is 0 Å². The van der Waals surface area contributed by atoms with Crippen molar-refractivity contribution in [3.05, 3.63) is 0 Å². The SMILES string of the molecule is C=S([O-])CCCS(=O)[O-].[K+].[K+]. The predicted molar refractivity (Wildman–Crippen MR) is 38.8 cm³/mol. The molecular weight excluding hydrogens is 238 g/mol. The summed E-state index contributed by atoms with van der Waals surface area (Å²) in [6.45, 7) is 0. The van der Waals surface area contributed by atoms with Crippen molar-refractivity contribution in [2.75, 3.05) is 11.5 Å². The van der Waals surface area contributed by atoms with Crippen LogP contribution in [0.1, 0.15) is 6.42 Å². The molecular formula is C4H8K2O3S2. The van der Waals surface area contributed by atoms with Gasteiger partial charge in [-0.3, -0.25) is 15.0 Å². The van der Waals surface area contributed by atoms with Crippen molar-refractivity contribution in [1.82, 2.24) is 0 Å². The zero-order valence-electron chi connectivity index (χ0n) is 6.87. The van der Waals surface area contributed by atoms with E-state index in [9.17, 15) is 13.3 Å². The van der Waals surface area contributed by atoms with E-state index in [1.54, 1.807) is 0 Å². The molecule has 2 unspecified atom stereocenters. The summed E-state index contributed by atoms with van der Waals surface area (Å²) in [6.07, 6.45) is 0.437. The second-order valence-corrected chi connectivity index (χ2v) is 3.81. The van der Waals surface area contributed by atoms with Crippen LogP contribution in [-0.4, -0.2) is 30.7 Å². The van der Waals surface area contributed by atoms with Crippen LogP contribution in [0.5, 0.6) is 0 Å². The summed E-state index contributed by atoms with van der Waals surface area (Å²) in [6, 6.07) is 0. The first kappa shape index (κ1) is 20.0. The Labute approximate surface area is 157 Å². The van der Waals surface area contributed by atoms with Crippen molar-refractivity contribution in [3.8, 4) is 0 Å². The minimum Gasteiger partial charge on any atom is -0.803 e. The van der Waals surface area contributed by atoms with E-state index in [1.165, 1.54) is 0 Å². The zero-order valence-corrected chi connectivity index (χ0v) is 14.7. The van der Waals surface area contributed by atoms with Gasteiger partial charge in [0, 0.05) is 5.75 Å². The van der Waals surface area contributed by atoms with E-state index in [4.69, 9.17) is 0 Å². The molecule has 7 heteroatoms. The van der Waals surface area contributed by atoms with Gasteiger partial charge < -0.3 is 9.11 Å². The van der Waals surface area contributed by atoms with E-state index in [0.717, 1.165) is 0 Å². The van der Waals surface area contributed by atoms with Gasteiger partial charge in [-0.2, -0.15) is 0 Å². The summed E-state index contributed by atoms with van der Waals surface area (Å²) in [5.41, 5.74) is 0. The van der Waals surface area contributed by atoms with Gasteiger partial charge in [0.25, 0.3) is 0 Å². The first-order valence-electron chi connectivity index (χ1n) is 2.37. The average Bonchev–Trinajstić information content (AvgIpc) is 1.63. The molecule has 0 bridgehead atoms. The van der Waals surface area contributed by atoms with E-state index < -0.39 is 21.8 Å². The summed E-state index contributed by atoms with van der Waals surface area (Å²) in [5.74, 6) is 3.66. The van der Waals surface area contributed by atoms with Crippen LogP contribution in [0.3, 0.4) is 0 Å². The Bertz CT molecular complexity index is 117. The molecule has 0 aromatic heterocycles. The van der Waals surface area contributed by atoms with Crippen molar-refractivity contribution in [1.29, 1.82) is 0 Å². The minimum atomic E-state index is -1.99. The largest absolute Gasteiger partial charge is 1.00 e. The molecule has 0 radical (unpaired) electrons. The first-order chi connectivity index (χ1) is 4.13. The summed E-state index contributed by atoms with van der Waals surface area (Å²) in [4.78, 5) is 0. The van der Waals surface area contributed by atoms with Gasteiger partial charge in [-0.25, -0.2) is 0 Å². The van der Waals surface area contributed by atoms with E-state index in [0.29, 0.717) is 12.2 Å². The maximum absolute atomic E-state index is 10.2. The van der Waals surface area contributed by atoms with Crippen LogP contribution < -0.4 is 103 Å². The van der Waals surface area contributed by atoms with Crippen molar-refractivity contribution in [3.63, 3.8) is 0 Å². The minimum absolute atomic E-state index is 0. The fourth-order valence-electron chi connectivity index (χ4n) is 0.338. The van der Waals surface area contributed by atoms with E-state index in [1.807, 2.05) is 0 Å². The molecule has 0 heterocycles. The first-order valence-corrected chi connectivity index (χ1v) is 5.10. The van der Waals surface area contributed by atoms with Crippen molar-refractivity contribution in [2.45, 2.75) is 6.42 Å². The standard InChI is InChI=1S/C4H9O3S2.2K/c1-8(5)3-2-4-9(6)7;;/h1-4H2,(H-,5,6,7);;/q-1;2*+1/p-1. The van der Waals surface area contributed by atoms with Gasteiger partial charge in [-0.1, -0.05) is 17.0 Å². The summed E-state index contributed by atoms with van der Waals surface area (Å²) >= 11 is -1.99. The van der Waals surface area contributed by atoms with E-state index >= 15 is 0 Å². The molecule has 3 nitrogen and oxygen atoms in total. The van der Waals surface area contributed by atoms with Gasteiger partial charge in [0.2, 0.25) is 0 Å². The fourth-order valence-corrected chi connectivity index (χ4v) is 1.37. The molecule has 0 saturated carbocycles. The third kappa shape index (κ3) is 19.8. The van der Waals surface area contributed by atoms with Crippen molar-refractivity contribution in [2.24, 2.45) is 0 Å². The van der Waals surface area contributed by atoms with Crippen LogP contribution in [-0.2, 0) is 11.1 Å². The molecule has 0 saturated heterocycles. The van der Waals surface area contributed by atoms with E-state index in [2.05, 4.69) is 5.87 Å². The van der Waals surface area contributed by atoms with E-state index in [-0.39, 0.29) is 109 Å². The van der Waals surface area contributed by atoms with Crippen LogP contribution in [0.4, 0.5) is 0 Å². The molecule has 0 aliphatic carbocycles. The molecule has 56 valence electrons. The predicted octanol–water partition coefficient (Wildman–Crippen LogP) is -5.91. The Kier molecular flexibility index (Phi) is 24.7. The van der Waals surface area contributed by atoms with Gasteiger partial charge in [0.1, 0.15) is 0 Å². The molecule has 11 heavy (non-hydrogen) atoms. The Balaban J connectivity index is -0.000000320. The van der Waals surface area contributed by atoms with Crippen LogP contribution >= 0.6 is 10.8 Å². The Morgan fingerprint density at radius 2 is 1.64 bits per heavy atom. The molecule has 0 aliphatic rings. The van der Waals surface area contributed by atoms with Gasteiger partial charge >= 0.3 is 103 Å². The second kappa shape index (κ2) is 13.6.